The van der Waals surface area contributed by atoms with Gasteiger partial charge in [-0.3, -0.25) is 9.78 Å². The zero-order valence-electron chi connectivity index (χ0n) is 9.83. The molecule has 3 N–H and O–H groups in total. The molecule has 0 saturated carbocycles. The van der Waals surface area contributed by atoms with Gasteiger partial charge in [0, 0.05) is 5.69 Å². The van der Waals surface area contributed by atoms with Gasteiger partial charge in [0.05, 0.1) is 11.7 Å². The molecular formula is C12H11N3O2S2. The smallest absolute Gasteiger partial charge is 0.267 e. The summed E-state index contributed by atoms with van der Waals surface area (Å²) in [5, 5.41) is 2.76. The number of thiocarbonyl (C=S) groups is 1. The van der Waals surface area contributed by atoms with Crippen LogP contribution in [0.15, 0.2) is 36.0 Å². The third-order valence-electron chi connectivity index (χ3n) is 2.15. The highest BCUT2D eigenvalue weighted by molar-refractivity contribution is 7.80. The highest BCUT2D eigenvalue weighted by atomic mass is 32.1. The quantitative estimate of drug-likeness (QED) is 0.825. The first-order valence-corrected chi connectivity index (χ1v) is 6.65. The Hall–Kier alpha value is -1.99. The highest BCUT2D eigenvalue weighted by Crippen LogP contribution is 2.17. The molecule has 2 aromatic rings. The van der Waals surface area contributed by atoms with Crippen molar-refractivity contribution >= 4 is 40.1 Å². The van der Waals surface area contributed by atoms with E-state index < -0.39 is 0 Å². The molecule has 0 saturated heterocycles. The molecule has 0 aliphatic carbocycles. The van der Waals surface area contributed by atoms with Gasteiger partial charge in [0.1, 0.15) is 22.2 Å². The molecule has 0 bridgehead atoms. The largest absolute Gasteiger partial charge is 0.487 e. The van der Waals surface area contributed by atoms with Crippen molar-refractivity contribution in [1.82, 2.24) is 4.98 Å². The summed E-state index contributed by atoms with van der Waals surface area (Å²) in [6, 6.07) is 6.96. The molecule has 0 fully saturated rings. The lowest BCUT2D eigenvalue weighted by Crippen LogP contribution is -2.17. The van der Waals surface area contributed by atoms with Crippen molar-refractivity contribution in [3.05, 3.63) is 40.8 Å². The summed E-state index contributed by atoms with van der Waals surface area (Å²) in [7, 11) is 0. The lowest BCUT2D eigenvalue weighted by molar-refractivity contribution is 0.103. The second-order valence-corrected chi connectivity index (χ2v) is 5.01. The van der Waals surface area contributed by atoms with Crippen LogP contribution >= 0.6 is 23.6 Å². The first-order valence-electron chi connectivity index (χ1n) is 5.36. The molecule has 0 spiro atoms. The topological polar surface area (TPSA) is 77.2 Å². The van der Waals surface area contributed by atoms with Crippen LogP contribution in [0.2, 0.25) is 0 Å². The summed E-state index contributed by atoms with van der Waals surface area (Å²) < 4.78 is 5.31. The maximum absolute atomic E-state index is 11.8. The van der Waals surface area contributed by atoms with Gasteiger partial charge in [-0.15, -0.1) is 11.3 Å². The van der Waals surface area contributed by atoms with E-state index in [9.17, 15) is 4.79 Å². The second-order valence-electron chi connectivity index (χ2n) is 3.60. The summed E-state index contributed by atoms with van der Waals surface area (Å²) >= 11 is 6.00. The van der Waals surface area contributed by atoms with Crippen LogP contribution in [-0.2, 0) is 0 Å². The number of carbonyl (C=O) groups excluding carboxylic acids is 1. The van der Waals surface area contributed by atoms with Gasteiger partial charge in [-0.25, -0.2) is 0 Å². The normalized spacial score (nSPS) is 9.89. The summed E-state index contributed by atoms with van der Waals surface area (Å²) in [5.41, 5.74) is 7.63. The highest BCUT2D eigenvalue weighted by Gasteiger charge is 2.07. The molecular weight excluding hydrogens is 282 g/mol. The maximum Gasteiger partial charge on any atom is 0.267 e. The Morgan fingerprint density at radius 1 is 1.42 bits per heavy atom. The molecule has 2 rings (SSSR count). The predicted molar refractivity (Wildman–Crippen MR) is 78.8 cm³/mol. The van der Waals surface area contributed by atoms with Crippen LogP contribution in [0.3, 0.4) is 0 Å². The number of nitrogens with two attached hydrogens (primary N) is 1. The van der Waals surface area contributed by atoms with Gasteiger partial charge in [0.15, 0.2) is 0 Å². The average Bonchev–Trinajstić information content (AvgIpc) is 2.92. The zero-order chi connectivity index (χ0) is 13.7. The van der Waals surface area contributed by atoms with E-state index in [0.29, 0.717) is 21.3 Å². The van der Waals surface area contributed by atoms with E-state index in [1.165, 1.54) is 17.5 Å². The molecule has 1 aromatic carbocycles. The number of aromatic nitrogens is 1. The number of nitrogens with zero attached hydrogens (tertiary/aromatic N) is 1. The average molecular weight is 293 g/mol. The van der Waals surface area contributed by atoms with E-state index >= 15 is 0 Å². The molecule has 5 nitrogen and oxygen atoms in total. The third-order valence-corrected chi connectivity index (χ3v) is 3.04. The molecule has 0 radical (unpaired) electrons. The van der Waals surface area contributed by atoms with E-state index in [4.69, 9.17) is 22.7 Å². The standard InChI is InChI=1S/C12H11N3O2S2/c13-11(18)6-17-9-3-1-8(2-4-9)15-12(16)10-5-14-7-19-10/h1-5,7H,6H2,(H2,13,18)(H,15,16). The van der Waals surface area contributed by atoms with Crippen molar-refractivity contribution in [2.24, 2.45) is 5.73 Å². The molecule has 0 atom stereocenters. The van der Waals surface area contributed by atoms with Gasteiger partial charge in [0.25, 0.3) is 5.91 Å². The van der Waals surface area contributed by atoms with Crippen LogP contribution in [0.4, 0.5) is 5.69 Å². The van der Waals surface area contributed by atoms with Crippen LogP contribution < -0.4 is 15.8 Å². The molecule has 1 amide bonds. The Balaban J connectivity index is 1.95. The number of hydrogen-bond acceptors (Lipinski definition) is 5. The predicted octanol–water partition coefficient (Wildman–Crippen LogP) is 2.06. The number of thiazole rings is 1. The van der Waals surface area contributed by atoms with Crippen molar-refractivity contribution in [3.63, 3.8) is 0 Å². The van der Waals surface area contributed by atoms with E-state index in [1.807, 2.05) is 0 Å². The first-order chi connectivity index (χ1) is 9.15. The fourth-order valence-electron chi connectivity index (χ4n) is 1.31. The van der Waals surface area contributed by atoms with Crippen LogP contribution in [0.5, 0.6) is 5.75 Å². The Morgan fingerprint density at radius 2 is 2.16 bits per heavy atom. The van der Waals surface area contributed by atoms with Crippen molar-refractivity contribution in [3.8, 4) is 5.75 Å². The van der Waals surface area contributed by atoms with Gasteiger partial charge in [-0.1, -0.05) is 12.2 Å². The van der Waals surface area contributed by atoms with Crippen molar-refractivity contribution in [1.29, 1.82) is 0 Å². The number of anilines is 1. The molecule has 98 valence electrons. The molecule has 0 aliphatic heterocycles. The Morgan fingerprint density at radius 3 is 2.74 bits per heavy atom. The fraction of sp³-hybridized carbons (Fsp3) is 0.0833. The number of rotatable bonds is 5. The van der Waals surface area contributed by atoms with E-state index in [1.54, 1.807) is 29.8 Å². The van der Waals surface area contributed by atoms with Crippen LogP contribution in [0, 0.1) is 0 Å². The van der Waals surface area contributed by atoms with Gasteiger partial charge in [-0.05, 0) is 24.3 Å². The lowest BCUT2D eigenvalue weighted by Gasteiger charge is -2.07. The minimum absolute atomic E-state index is 0.181. The number of nitrogens with one attached hydrogen (secondary N) is 1. The number of ether oxygens (including phenoxy) is 1. The molecule has 7 heteroatoms. The van der Waals surface area contributed by atoms with Crippen molar-refractivity contribution in [2.45, 2.75) is 0 Å². The minimum atomic E-state index is -0.181. The summed E-state index contributed by atoms with van der Waals surface area (Å²) in [4.78, 5) is 16.5. The maximum atomic E-state index is 11.8. The summed E-state index contributed by atoms with van der Waals surface area (Å²) in [6.07, 6.45) is 1.53. The van der Waals surface area contributed by atoms with E-state index in [2.05, 4.69) is 10.3 Å². The number of benzene rings is 1. The zero-order valence-corrected chi connectivity index (χ0v) is 11.5. The van der Waals surface area contributed by atoms with Gasteiger partial charge < -0.3 is 15.8 Å². The number of hydrogen-bond donors (Lipinski definition) is 2. The minimum Gasteiger partial charge on any atom is -0.487 e. The van der Waals surface area contributed by atoms with Crippen LogP contribution in [-0.4, -0.2) is 22.5 Å². The van der Waals surface area contributed by atoms with Crippen molar-refractivity contribution in [2.75, 3.05) is 11.9 Å². The van der Waals surface area contributed by atoms with E-state index in [0.717, 1.165) is 0 Å². The number of carbonyl (C=O) groups is 1. The third kappa shape index (κ3) is 4.01. The Kier molecular flexibility index (Phi) is 4.43. The SMILES string of the molecule is NC(=S)COc1ccc(NC(=O)c2cncs2)cc1. The van der Waals surface area contributed by atoms with Crippen LogP contribution in [0.25, 0.3) is 0 Å². The summed E-state index contributed by atoms with van der Waals surface area (Å²) in [5.74, 6) is 0.461. The van der Waals surface area contributed by atoms with Gasteiger partial charge in [-0.2, -0.15) is 0 Å². The molecule has 19 heavy (non-hydrogen) atoms. The van der Waals surface area contributed by atoms with Crippen molar-refractivity contribution < 1.29 is 9.53 Å². The first kappa shape index (κ1) is 13.4. The summed E-state index contributed by atoms with van der Waals surface area (Å²) in [6.45, 7) is 0.196. The van der Waals surface area contributed by atoms with Gasteiger partial charge in [0.2, 0.25) is 0 Å². The molecule has 0 unspecified atom stereocenters. The van der Waals surface area contributed by atoms with Crippen LogP contribution in [0.1, 0.15) is 9.67 Å². The fourth-order valence-corrected chi connectivity index (χ4v) is 1.88. The molecule has 1 aromatic heterocycles. The molecule has 1 heterocycles. The Labute approximate surface area is 119 Å². The number of amides is 1. The molecule has 0 aliphatic rings. The lowest BCUT2D eigenvalue weighted by atomic mass is 10.3. The monoisotopic (exact) mass is 293 g/mol. The second kappa shape index (κ2) is 6.26. The van der Waals surface area contributed by atoms with Gasteiger partial charge >= 0.3 is 0 Å². The van der Waals surface area contributed by atoms with E-state index in [-0.39, 0.29) is 12.5 Å². The Bertz CT molecular complexity index is 567.